The number of aromatic nitrogens is 2. The summed E-state index contributed by atoms with van der Waals surface area (Å²) in [6.07, 6.45) is 1.76. The Hall–Kier alpha value is -1.67. The number of rotatable bonds is 1. The maximum Gasteiger partial charge on any atom is 0.275 e. The van der Waals surface area contributed by atoms with E-state index >= 15 is 0 Å². The van der Waals surface area contributed by atoms with E-state index in [1.54, 1.807) is 10.5 Å². The molecule has 1 aromatic carbocycles. The third-order valence-electron chi connectivity index (χ3n) is 3.01. The summed E-state index contributed by atoms with van der Waals surface area (Å²) in [5.41, 5.74) is 1.64. The third kappa shape index (κ3) is 1.79. The number of benzene rings is 1. The second-order valence-electron chi connectivity index (χ2n) is 4.28. The largest absolute Gasteiger partial charge is 0.451 e. The van der Waals surface area contributed by atoms with E-state index in [0.29, 0.717) is 15.3 Å². The number of nitrogens with zero attached hydrogens (tertiary/aromatic N) is 2. The molecule has 0 atom stereocenters. The minimum atomic E-state index is -0.0508. The Kier molecular flexibility index (Phi) is 2.67. The van der Waals surface area contributed by atoms with Crippen LogP contribution in [0.1, 0.15) is 5.76 Å². The maximum atomic E-state index is 12.5. The van der Waals surface area contributed by atoms with E-state index in [1.807, 2.05) is 36.4 Å². The van der Waals surface area contributed by atoms with Crippen molar-refractivity contribution in [3.63, 3.8) is 0 Å². The van der Waals surface area contributed by atoms with Crippen molar-refractivity contribution in [3.8, 4) is 0 Å². The Morgan fingerprint density at radius 2 is 2.10 bits per heavy atom. The monoisotopic (exact) mass is 394 g/mol. The standard InChI is InChI=1S/C14H7IN2O2S/c15-12-6-5-8(19-12)7-11-13(18)17-10-4-2-1-3-9(10)16-14(17)20-11/h1-7H. The van der Waals surface area contributed by atoms with Gasteiger partial charge in [-0.15, -0.1) is 0 Å². The van der Waals surface area contributed by atoms with E-state index in [4.69, 9.17) is 4.42 Å². The quantitative estimate of drug-likeness (QED) is 0.467. The van der Waals surface area contributed by atoms with Gasteiger partial charge in [-0.1, -0.05) is 23.5 Å². The first-order valence-electron chi connectivity index (χ1n) is 5.89. The number of hydrogen-bond donors (Lipinski definition) is 0. The molecule has 4 rings (SSSR count). The normalized spacial score (nSPS) is 12.8. The van der Waals surface area contributed by atoms with Gasteiger partial charge in [0, 0.05) is 6.08 Å². The molecule has 4 nitrogen and oxygen atoms in total. The van der Waals surface area contributed by atoms with Gasteiger partial charge in [0.25, 0.3) is 5.56 Å². The van der Waals surface area contributed by atoms with Crippen LogP contribution in [-0.2, 0) is 0 Å². The van der Waals surface area contributed by atoms with E-state index in [1.165, 1.54) is 11.3 Å². The Morgan fingerprint density at radius 1 is 1.25 bits per heavy atom. The molecule has 20 heavy (non-hydrogen) atoms. The molecule has 0 fully saturated rings. The predicted molar refractivity (Wildman–Crippen MR) is 87.1 cm³/mol. The van der Waals surface area contributed by atoms with Crippen LogP contribution >= 0.6 is 33.9 Å². The van der Waals surface area contributed by atoms with Crippen molar-refractivity contribution in [3.05, 3.63) is 60.8 Å². The van der Waals surface area contributed by atoms with Crippen LogP contribution in [0, 0.1) is 3.77 Å². The minimum Gasteiger partial charge on any atom is -0.451 e. The fourth-order valence-electron chi connectivity index (χ4n) is 2.15. The van der Waals surface area contributed by atoms with Gasteiger partial charge in [0.15, 0.2) is 8.73 Å². The molecule has 0 bridgehead atoms. The summed E-state index contributed by atoms with van der Waals surface area (Å²) in [6, 6.07) is 11.4. The van der Waals surface area contributed by atoms with Crippen LogP contribution in [0.15, 0.2) is 45.6 Å². The van der Waals surface area contributed by atoms with Gasteiger partial charge in [-0.2, -0.15) is 0 Å². The molecule has 6 heteroatoms. The van der Waals surface area contributed by atoms with Crippen molar-refractivity contribution in [2.24, 2.45) is 0 Å². The molecular weight excluding hydrogens is 387 g/mol. The first-order chi connectivity index (χ1) is 9.72. The van der Waals surface area contributed by atoms with Crippen LogP contribution in [0.2, 0.25) is 0 Å². The zero-order chi connectivity index (χ0) is 13.7. The fourth-order valence-corrected chi connectivity index (χ4v) is 3.55. The second-order valence-corrected chi connectivity index (χ2v) is 6.35. The van der Waals surface area contributed by atoms with E-state index < -0.39 is 0 Å². The van der Waals surface area contributed by atoms with E-state index in [2.05, 4.69) is 27.6 Å². The van der Waals surface area contributed by atoms with Gasteiger partial charge in [0.1, 0.15) is 10.3 Å². The topological polar surface area (TPSA) is 47.5 Å². The zero-order valence-corrected chi connectivity index (χ0v) is 13.0. The molecular formula is C14H7IN2O2S. The van der Waals surface area contributed by atoms with Crippen LogP contribution in [0.4, 0.5) is 0 Å². The Balaban J connectivity index is 2.05. The van der Waals surface area contributed by atoms with Crippen LogP contribution in [0.25, 0.3) is 22.1 Å². The summed E-state index contributed by atoms with van der Waals surface area (Å²) < 4.78 is 8.55. The molecule has 0 unspecified atom stereocenters. The van der Waals surface area contributed by atoms with E-state index in [0.717, 1.165) is 14.8 Å². The lowest BCUT2D eigenvalue weighted by molar-refractivity contribution is 0.528. The van der Waals surface area contributed by atoms with Crippen molar-refractivity contribution in [1.82, 2.24) is 9.38 Å². The van der Waals surface area contributed by atoms with Gasteiger partial charge < -0.3 is 4.42 Å². The van der Waals surface area contributed by atoms with Crippen molar-refractivity contribution < 1.29 is 4.42 Å². The molecule has 0 amide bonds. The minimum absolute atomic E-state index is 0.0508. The lowest BCUT2D eigenvalue weighted by Crippen LogP contribution is -2.22. The zero-order valence-electron chi connectivity index (χ0n) is 10.0. The molecule has 3 heterocycles. The average molecular weight is 394 g/mol. The fraction of sp³-hybridized carbons (Fsp3) is 0. The number of hydrogen-bond acceptors (Lipinski definition) is 4. The van der Waals surface area contributed by atoms with Gasteiger partial charge in [-0.05, 0) is 46.9 Å². The van der Waals surface area contributed by atoms with Crippen LogP contribution < -0.4 is 10.1 Å². The Labute approximate surface area is 130 Å². The van der Waals surface area contributed by atoms with Gasteiger partial charge in [0.2, 0.25) is 0 Å². The number of furan rings is 1. The number of halogens is 1. The maximum absolute atomic E-state index is 12.5. The number of fused-ring (bicyclic) bond motifs is 3. The molecule has 3 aromatic heterocycles. The number of thiazole rings is 1. The summed E-state index contributed by atoms with van der Waals surface area (Å²) in [4.78, 5) is 17.7. The second kappa shape index (κ2) is 4.42. The van der Waals surface area contributed by atoms with Gasteiger partial charge in [0.05, 0.1) is 11.0 Å². The number of imidazole rings is 1. The predicted octanol–water partition coefficient (Wildman–Crippen LogP) is 2.65. The lowest BCUT2D eigenvalue weighted by Gasteiger charge is -1.86. The molecule has 0 saturated carbocycles. The van der Waals surface area contributed by atoms with Crippen molar-refractivity contribution in [1.29, 1.82) is 0 Å². The Morgan fingerprint density at radius 3 is 2.90 bits per heavy atom. The summed E-state index contributed by atoms with van der Waals surface area (Å²) in [5, 5.41) is 0. The highest BCUT2D eigenvalue weighted by atomic mass is 127. The van der Waals surface area contributed by atoms with Crippen molar-refractivity contribution in [2.45, 2.75) is 0 Å². The molecule has 98 valence electrons. The van der Waals surface area contributed by atoms with E-state index in [-0.39, 0.29) is 5.56 Å². The molecule has 0 N–H and O–H groups in total. The first-order valence-corrected chi connectivity index (χ1v) is 7.79. The lowest BCUT2D eigenvalue weighted by atomic mass is 10.3. The highest BCUT2D eigenvalue weighted by Crippen LogP contribution is 2.16. The molecule has 0 aliphatic carbocycles. The van der Waals surface area contributed by atoms with Gasteiger partial charge in [-0.25, -0.2) is 9.38 Å². The molecule has 0 saturated heterocycles. The summed E-state index contributed by atoms with van der Waals surface area (Å²) in [6.45, 7) is 0. The highest BCUT2D eigenvalue weighted by molar-refractivity contribution is 14.1. The summed E-state index contributed by atoms with van der Waals surface area (Å²) >= 11 is 3.47. The van der Waals surface area contributed by atoms with Crippen LogP contribution in [-0.4, -0.2) is 9.38 Å². The van der Waals surface area contributed by atoms with Gasteiger partial charge in [-0.3, -0.25) is 4.79 Å². The van der Waals surface area contributed by atoms with Crippen LogP contribution in [0.3, 0.4) is 0 Å². The smallest absolute Gasteiger partial charge is 0.275 e. The van der Waals surface area contributed by atoms with Crippen molar-refractivity contribution >= 4 is 56.0 Å². The Bertz CT molecular complexity index is 1040. The molecule has 0 spiro atoms. The average Bonchev–Trinajstić information content (AvgIpc) is 3.07. The number of para-hydroxylation sites is 2. The molecule has 0 aliphatic heterocycles. The highest BCUT2D eigenvalue weighted by Gasteiger charge is 2.10. The summed E-state index contributed by atoms with van der Waals surface area (Å²) in [5.74, 6) is 0.681. The summed E-state index contributed by atoms with van der Waals surface area (Å²) in [7, 11) is 0. The van der Waals surface area contributed by atoms with Crippen molar-refractivity contribution in [2.75, 3.05) is 0 Å². The first kappa shape index (κ1) is 12.1. The van der Waals surface area contributed by atoms with E-state index in [9.17, 15) is 4.79 Å². The SMILES string of the molecule is O=c1c(=Cc2ccc(I)o2)sc2nc3ccccc3n12. The third-order valence-corrected chi connectivity index (χ3v) is 4.56. The molecule has 0 aliphatic rings. The van der Waals surface area contributed by atoms with Gasteiger partial charge >= 0.3 is 0 Å². The van der Waals surface area contributed by atoms with Crippen LogP contribution in [0.5, 0.6) is 0 Å². The molecule has 0 radical (unpaired) electrons. The molecule has 4 aromatic rings.